The summed E-state index contributed by atoms with van der Waals surface area (Å²) < 4.78 is 13.9. The Morgan fingerprint density at radius 3 is 2.50 bits per heavy atom. The fourth-order valence-electron chi connectivity index (χ4n) is 2.67. The molecule has 144 valence electrons. The van der Waals surface area contributed by atoms with Crippen LogP contribution in [0, 0.1) is 12.7 Å². The molecule has 3 rings (SSSR count). The smallest absolute Gasteiger partial charge is 0.270 e. The highest BCUT2D eigenvalue weighted by Gasteiger charge is 2.16. The van der Waals surface area contributed by atoms with Gasteiger partial charge in [-0.3, -0.25) is 4.79 Å². The van der Waals surface area contributed by atoms with E-state index in [4.69, 9.17) is 11.6 Å². The van der Waals surface area contributed by atoms with Crippen LogP contribution in [0.25, 0.3) is 22.6 Å². The van der Waals surface area contributed by atoms with Crippen molar-refractivity contribution in [1.29, 1.82) is 0 Å². The van der Waals surface area contributed by atoms with Gasteiger partial charge in [-0.05, 0) is 55.8 Å². The molecule has 1 atom stereocenters. The molecule has 1 heterocycles. The van der Waals surface area contributed by atoms with Crippen LogP contribution in [0.5, 0.6) is 0 Å². The van der Waals surface area contributed by atoms with Crippen molar-refractivity contribution in [2.75, 3.05) is 6.61 Å². The van der Waals surface area contributed by atoms with E-state index < -0.39 is 17.8 Å². The van der Waals surface area contributed by atoms with Crippen LogP contribution in [-0.2, 0) is 0 Å². The molecule has 0 saturated carbocycles. The standard InChI is InChI=1S/C21H19ClFN3O2/c1-12-7-15(9-17(23)8-12)20-25-18(14-3-5-16(22)6-4-14)10-19(26-20)21(28)24-13(2)11-27/h3-10,13,27H,11H2,1-2H3,(H,24,28)/t13-/m0/s1. The molecule has 0 aliphatic rings. The van der Waals surface area contributed by atoms with E-state index in [1.807, 2.05) is 0 Å². The van der Waals surface area contributed by atoms with Crippen molar-refractivity contribution in [2.45, 2.75) is 19.9 Å². The molecule has 0 fully saturated rings. The van der Waals surface area contributed by atoms with Crippen LogP contribution in [0.2, 0.25) is 5.02 Å². The van der Waals surface area contributed by atoms with E-state index in [0.29, 0.717) is 16.3 Å². The average molecular weight is 400 g/mol. The van der Waals surface area contributed by atoms with Crippen molar-refractivity contribution in [2.24, 2.45) is 0 Å². The fraction of sp³-hybridized carbons (Fsp3) is 0.190. The number of nitrogens with one attached hydrogen (secondary N) is 1. The van der Waals surface area contributed by atoms with Gasteiger partial charge in [-0.25, -0.2) is 14.4 Å². The van der Waals surface area contributed by atoms with Gasteiger partial charge in [0.15, 0.2) is 5.82 Å². The number of aryl methyl sites for hydroxylation is 1. The van der Waals surface area contributed by atoms with Gasteiger partial charge in [0.2, 0.25) is 0 Å². The number of benzene rings is 2. The number of amides is 1. The molecular formula is C21H19ClFN3O2. The summed E-state index contributed by atoms with van der Waals surface area (Å²) in [6.07, 6.45) is 0. The first-order valence-corrected chi connectivity index (χ1v) is 9.08. The van der Waals surface area contributed by atoms with Gasteiger partial charge in [0.1, 0.15) is 11.5 Å². The molecule has 3 aromatic rings. The van der Waals surface area contributed by atoms with Crippen LogP contribution in [0.3, 0.4) is 0 Å². The van der Waals surface area contributed by atoms with Crippen molar-refractivity contribution in [3.8, 4) is 22.6 Å². The summed E-state index contributed by atoms with van der Waals surface area (Å²) in [5.74, 6) is -0.624. The Labute approximate surface area is 167 Å². The lowest BCUT2D eigenvalue weighted by Gasteiger charge is -2.12. The summed E-state index contributed by atoms with van der Waals surface area (Å²) >= 11 is 5.95. The zero-order chi connectivity index (χ0) is 20.3. The Kier molecular flexibility index (Phi) is 6.02. The molecule has 0 aliphatic heterocycles. The second kappa shape index (κ2) is 8.46. The molecule has 0 radical (unpaired) electrons. The molecule has 7 heteroatoms. The summed E-state index contributed by atoms with van der Waals surface area (Å²) in [6.45, 7) is 3.25. The first-order valence-electron chi connectivity index (χ1n) is 8.70. The quantitative estimate of drug-likeness (QED) is 0.679. The summed E-state index contributed by atoms with van der Waals surface area (Å²) in [5, 5.41) is 12.4. The summed E-state index contributed by atoms with van der Waals surface area (Å²) in [6, 6.07) is 12.6. The summed E-state index contributed by atoms with van der Waals surface area (Å²) in [7, 11) is 0. The highest BCUT2D eigenvalue weighted by molar-refractivity contribution is 6.30. The van der Waals surface area contributed by atoms with E-state index in [2.05, 4.69) is 15.3 Å². The zero-order valence-electron chi connectivity index (χ0n) is 15.4. The highest BCUT2D eigenvalue weighted by Crippen LogP contribution is 2.25. The van der Waals surface area contributed by atoms with Gasteiger partial charge >= 0.3 is 0 Å². The molecule has 0 spiro atoms. The van der Waals surface area contributed by atoms with Crippen molar-refractivity contribution >= 4 is 17.5 Å². The molecule has 1 aromatic heterocycles. The number of aromatic nitrogens is 2. The van der Waals surface area contributed by atoms with E-state index in [9.17, 15) is 14.3 Å². The Bertz CT molecular complexity index is 989. The first-order chi connectivity index (χ1) is 13.4. The van der Waals surface area contributed by atoms with Gasteiger partial charge in [0.25, 0.3) is 5.91 Å². The maximum Gasteiger partial charge on any atom is 0.270 e. The summed E-state index contributed by atoms with van der Waals surface area (Å²) in [4.78, 5) is 21.4. The van der Waals surface area contributed by atoms with Crippen LogP contribution in [0.4, 0.5) is 4.39 Å². The van der Waals surface area contributed by atoms with Gasteiger partial charge in [-0.2, -0.15) is 0 Å². The van der Waals surface area contributed by atoms with Crippen LogP contribution in [-0.4, -0.2) is 33.6 Å². The lowest BCUT2D eigenvalue weighted by atomic mass is 10.1. The zero-order valence-corrected chi connectivity index (χ0v) is 16.2. The molecule has 2 N–H and O–H groups in total. The number of halogens is 2. The molecule has 0 aliphatic carbocycles. The largest absolute Gasteiger partial charge is 0.394 e. The topological polar surface area (TPSA) is 75.1 Å². The van der Waals surface area contributed by atoms with E-state index in [1.165, 1.54) is 12.1 Å². The van der Waals surface area contributed by atoms with E-state index in [-0.39, 0.29) is 18.1 Å². The Morgan fingerprint density at radius 1 is 1.14 bits per heavy atom. The van der Waals surface area contributed by atoms with Gasteiger partial charge in [0.05, 0.1) is 12.3 Å². The molecule has 0 saturated heterocycles. The lowest BCUT2D eigenvalue weighted by Crippen LogP contribution is -2.35. The number of aliphatic hydroxyl groups is 1. The molecule has 5 nitrogen and oxygen atoms in total. The van der Waals surface area contributed by atoms with Crippen LogP contribution >= 0.6 is 11.6 Å². The predicted octanol–water partition coefficient (Wildman–Crippen LogP) is 4.02. The Morgan fingerprint density at radius 2 is 1.86 bits per heavy atom. The van der Waals surface area contributed by atoms with Gasteiger partial charge in [-0.15, -0.1) is 0 Å². The van der Waals surface area contributed by atoms with Crippen LogP contribution in [0.15, 0.2) is 48.5 Å². The van der Waals surface area contributed by atoms with E-state index >= 15 is 0 Å². The third kappa shape index (κ3) is 4.71. The number of hydrogen-bond donors (Lipinski definition) is 2. The minimum absolute atomic E-state index is 0.122. The van der Waals surface area contributed by atoms with Gasteiger partial charge < -0.3 is 10.4 Å². The molecule has 0 bridgehead atoms. The minimum Gasteiger partial charge on any atom is -0.394 e. The third-order valence-electron chi connectivity index (χ3n) is 4.05. The number of carbonyl (C=O) groups is 1. The number of hydrogen-bond acceptors (Lipinski definition) is 4. The maximum absolute atomic E-state index is 13.9. The molecular weight excluding hydrogens is 381 g/mol. The molecule has 28 heavy (non-hydrogen) atoms. The maximum atomic E-state index is 13.9. The van der Waals surface area contributed by atoms with Gasteiger partial charge in [0, 0.05) is 22.2 Å². The Balaban J connectivity index is 2.13. The number of carbonyl (C=O) groups excluding carboxylic acids is 1. The van der Waals surface area contributed by atoms with E-state index in [0.717, 1.165) is 11.1 Å². The third-order valence-corrected chi connectivity index (χ3v) is 4.30. The minimum atomic E-state index is -0.450. The summed E-state index contributed by atoms with van der Waals surface area (Å²) in [5.41, 5.74) is 2.56. The SMILES string of the molecule is Cc1cc(F)cc(-c2nc(C(=O)N[C@@H](C)CO)cc(-c3ccc(Cl)cc3)n2)c1. The Hall–Kier alpha value is -2.83. The lowest BCUT2D eigenvalue weighted by molar-refractivity contribution is 0.0917. The normalized spacial score (nSPS) is 11.9. The molecule has 2 aromatic carbocycles. The molecule has 0 unspecified atom stereocenters. The predicted molar refractivity (Wildman–Crippen MR) is 107 cm³/mol. The second-order valence-electron chi connectivity index (χ2n) is 6.54. The van der Waals surface area contributed by atoms with E-state index in [1.54, 1.807) is 50.2 Å². The number of nitrogens with zero attached hydrogens (tertiary/aromatic N) is 2. The van der Waals surface area contributed by atoms with Crippen LogP contribution in [0.1, 0.15) is 23.0 Å². The second-order valence-corrected chi connectivity index (χ2v) is 6.98. The van der Waals surface area contributed by atoms with Crippen LogP contribution < -0.4 is 5.32 Å². The van der Waals surface area contributed by atoms with Crippen molar-refractivity contribution in [3.63, 3.8) is 0 Å². The van der Waals surface area contributed by atoms with Crippen molar-refractivity contribution in [1.82, 2.24) is 15.3 Å². The van der Waals surface area contributed by atoms with Crippen molar-refractivity contribution < 1.29 is 14.3 Å². The number of aliphatic hydroxyl groups excluding tert-OH is 1. The van der Waals surface area contributed by atoms with Crippen molar-refractivity contribution in [3.05, 3.63) is 70.6 Å². The monoisotopic (exact) mass is 399 g/mol. The molecule has 1 amide bonds. The fourth-order valence-corrected chi connectivity index (χ4v) is 2.80. The first kappa shape index (κ1) is 19.9. The number of rotatable bonds is 5. The highest BCUT2D eigenvalue weighted by atomic mass is 35.5. The van der Waals surface area contributed by atoms with Gasteiger partial charge in [-0.1, -0.05) is 23.7 Å². The average Bonchev–Trinajstić information content (AvgIpc) is 2.67.